The Morgan fingerprint density at radius 1 is 0.414 bits per heavy atom. The van der Waals surface area contributed by atoms with Crippen LogP contribution >= 0.6 is 0 Å². The summed E-state index contributed by atoms with van der Waals surface area (Å²) in [5, 5.41) is 0. The number of hydrogen-bond donors (Lipinski definition) is 0. The van der Waals surface area contributed by atoms with Crippen LogP contribution in [0.4, 0.5) is 0 Å². The summed E-state index contributed by atoms with van der Waals surface area (Å²) < 4.78 is 6.95. The molecule has 0 aliphatic rings. The minimum Gasteiger partial charge on any atom is -0.542 e. The van der Waals surface area contributed by atoms with Crippen LogP contribution in [0.25, 0.3) is 0 Å². The first-order valence-electron chi connectivity index (χ1n) is 10.2. The summed E-state index contributed by atoms with van der Waals surface area (Å²) in [6.45, 7) is 0. The minimum absolute atomic E-state index is 0.974. The second-order valence-corrected chi connectivity index (χ2v) is 11.2. The predicted octanol–water partition coefficient (Wildman–Crippen LogP) is 6.36. The summed E-state index contributed by atoms with van der Waals surface area (Å²) in [7, 11) is -2.26. The average Bonchev–Trinajstić information content (AvgIpc) is 2.76. The van der Waals surface area contributed by atoms with Crippen molar-refractivity contribution in [1.82, 2.24) is 0 Å². The average molecular weight is 395 g/mol. The molecular weight excluding hydrogens is 368 g/mol. The predicted molar refractivity (Wildman–Crippen MR) is 123 cm³/mol. The van der Waals surface area contributed by atoms with Gasteiger partial charge >= 0.3 is 0 Å². The summed E-state index contributed by atoms with van der Waals surface area (Å²) in [6.07, 6.45) is 0. The number of benzene rings is 4. The van der Waals surface area contributed by atoms with Crippen LogP contribution in [-0.2, 0) is 18.1 Å². The molecule has 0 aromatic heterocycles. The molecule has 4 aromatic carbocycles. The Hall–Kier alpha value is -3.10. The smallest absolute Gasteiger partial charge is 0.264 e. The van der Waals surface area contributed by atoms with E-state index in [-0.39, 0.29) is 0 Å². The van der Waals surface area contributed by atoms with Crippen LogP contribution in [0.5, 0.6) is 5.75 Å². The molecule has 0 saturated carbocycles. The zero-order valence-electron chi connectivity index (χ0n) is 16.6. The second-order valence-electron chi connectivity index (χ2n) is 7.59. The van der Waals surface area contributed by atoms with E-state index in [1.807, 2.05) is 6.07 Å². The Kier molecular flexibility index (Phi) is 6.23. The van der Waals surface area contributed by atoms with E-state index in [0.29, 0.717) is 0 Å². The third kappa shape index (κ3) is 5.46. The normalized spacial score (nSPS) is 11.2. The Morgan fingerprint density at radius 2 is 0.724 bits per heavy atom. The maximum Gasteiger partial charge on any atom is 0.264 e. The monoisotopic (exact) mass is 394 g/mol. The molecular formula is C27H26OSi. The van der Waals surface area contributed by atoms with E-state index in [2.05, 4.69) is 115 Å². The lowest BCUT2D eigenvalue weighted by atomic mass is 10.2. The van der Waals surface area contributed by atoms with E-state index in [4.69, 9.17) is 4.43 Å². The van der Waals surface area contributed by atoms with Crippen molar-refractivity contribution < 1.29 is 4.43 Å². The van der Waals surface area contributed by atoms with Crippen LogP contribution in [0.1, 0.15) is 16.7 Å². The van der Waals surface area contributed by atoms with E-state index in [0.717, 1.165) is 23.9 Å². The minimum atomic E-state index is -2.26. The lowest BCUT2D eigenvalue weighted by Crippen LogP contribution is -2.50. The van der Waals surface area contributed by atoms with Crippen molar-refractivity contribution >= 4 is 8.32 Å². The Balaban J connectivity index is 1.75. The molecule has 1 nitrogen and oxygen atoms in total. The van der Waals surface area contributed by atoms with Gasteiger partial charge < -0.3 is 4.43 Å². The molecule has 0 aliphatic carbocycles. The molecule has 29 heavy (non-hydrogen) atoms. The van der Waals surface area contributed by atoms with E-state index in [9.17, 15) is 0 Å². The van der Waals surface area contributed by atoms with Crippen molar-refractivity contribution in [2.75, 3.05) is 0 Å². The zero-order valence-corrected chi connectivity index (χ0v) is 17.6. The fraction of sp³-hybridized carbons (Fsp3) is 0.111. The van der Waals surface area contributed by atoms with Gasteiger partial charge in [-0.2, -0.15) is 0 Å². The Bertz CT molecular complexity index is 814. The van der Waals surface area contributed by atoms with Crippen molar-refractivity contribution in [2.45, 2.75) is 18.1 Å². The van der Waals surface area contributed by atoms with Gasteiger partial charge in [0.2, 0.25) is 0 Å². The van der Waals surface area contributed by atoms with Gasteiger partial charge in [0.25, 0.3) is 8.32 Å². The van der Waals surface area contributed by atoms with Crippen LogP contribution in [-0.4, -0.2) is 8.32 Å². The molecule has 0 aliphatic heterocycles. The van der Waals surface area contributed by atoms with Crippen LogP contribution in [0.15, 0.2) is 121 Å². The van der Waals surface area contributed by atoms with Crippen LogP contribution < -0.4 is 4.43 Å². The summed E-state index contributed by atoms with van der Waals surface area (Å²) in [5.74, 6) is 0.974. The van der Waals surface area contributed by atoms with Gasteiger partial charge in [-0.15, -0.1) is 0 Å². The molecule has 0 bridgehead atoms. The van der Waals surface area contributed by atoms with E-state index < -0.39 is 8.32 Å². The molecule has 0 amide bonds. The van der Waals surface area contributed by atoms with Crippen LogP contribution in [0.3, 0.4) is 0 Å². The number of hydrogen-bond acceptors (Lipinski definition) is 1. The molecule has 0 fully saturated rings. The van der Waals surface area contributed by atoms with Crippen molar-refractivity contribution in [3.63, 3.8) is 0 Å². The molecule has 0 unspecified atom stereocenters. The quantitative estimate of drug-likeness (QED) is 0.316. The molecule has 0 atom stereocenters. The fourth-order valence-electron chi connectivity index (χ4n) is 3.94. The first-order chi connectivity index (χ1) is 14.3. The van der Waals surface area contributed by atoms with Gasteiger partial charge in [-0.1, -0.05) is 109 Å². The highest BCUT2D eigenvalue weighted by Gasteiger charge is 2.38. The maximum absolute atomic E-state index is 6.95. The highest BCUT2D eigenvalue weighted by Crippen LogP contribution is 2.26. The molecule has 0 radical (unpaired) electrons. The van der Waals surface area contributed by atoms with Crippen molar-refractivity contribution in [2.24, 2.45) is 0 Å². The van der Waals surface area contributed by atoms with Gasteiger partial charge in [-0.25, -0.2) is 0 Å². The summed E-state index contributed by atoms with van der Waals surface area (Å²) in [4.78, 5) is 0. The third-order valence-corrected chi connectivity index (χ3v) is 9.01. The van der Waals surface area contributed by atoms with E-state index >= 15 is 0 Å². The molecule has 0 N–H and O–H groups in total. The molecule has 144 valence electrons. The molecule has 0 saturated heterocycles. The lowest BCUT2D eigenvalue weighted by Gasteiger charge is -2.33. The first-order valence-corrected chi connectivity index (χ1v) is 12.7. The first kappa shape index (κ1) is 19.2. The van der Waals surface area contributed by atoms with E-state index in [1.54, 1.807) is 0 Å². The van der Waals surface area contributed by atoms with E-state index in [1.165, 1.54) is 16.7 Å². The summed E-state index contributed by atoms with van der Waals surface area (Å²) in [6, 6.07) is 45.6. The Labute approximate surface area is 174 Å². The lowest BCUT2D eigenvalue weighted by molar-refractivity contribution is 0.524. The van der Waals surface area contributed by atoms with Crippen LogP contribution in [0.2, 0.25) is 0 Å². The van der Waals surface area contributed by atoms with Gasteiger partial charge in [0, 0.05) is 18.1 Å². The third-order valence-electron chi connectivity index (χ3n) is 5.18. The summed E-state index contributed by atoms with van der Waals surface area (Å²) in [5.41, 5.74) is 4.05. The van der Waals surface area contributed by atoms with Crippen molar-refractivity contribution in [3.05, 3.63) is 138 Å². The second kappa shape index (κ2) is 9.40. The number of rotatable bonds is 8. The van der Waals surface area contributed by atoms with Gasteiger partial charge in [0.15, 0.2) is 0 Å². The molecule has 0 heterocycles. The zero-order chi connectivity index (χ0) is 19.8. The maximum atomic E-state index is 6.95. The topological polar surface area (TPSA) is 9.23 Å². The summed E-state index contributed by atoms with van der Waals surface area (Å²) >= 11 is 0. The highest BCUT2D eigenvalue weighted by atomic mass is 28.4. The van der Waals surface area contributed by atoms with Crippen LogP contribution in [0, 0.1) is 0 Å². The standard InChI is InChI=1S/C27H26OSi/c1-5-13-24(14-6-1)21-29(22-25-15-7-2-8-16-25,23-26-17-9-3-10-18-26)28-27-19-11-4-12-20-27/h1-20H,21-23H2. The molecule has 2 heteroatoms. The van der Waals surface area contributed by atoms with Crippen molar-refractivity contribution in [3.8, 4) is 5.75 Å². The molecule has 0 spiro atoms. The fourth-order valence-corrected chi connectivity index (χ4v) is 8.10. The van der Waals surface area contributed by atoms with Gasteiger partial charge in [-0.3, -0.25) is 0 Å². The molecule has 4 rings (SSSR count). The highest BCUT2D eigenvalue weighted by molar-refractivity contribution is 6.73. The largest absolute Gasteiger partial charge is 0.542 e. The SMILES string of the molecule is c1ccc(C[Si](Cc2ccccc2)(Cc2ccccc2)Oc2ccccc2)cc1. The number of para-hydroxylation sites is 1. The Morgan fingerprint density at radius 3 is 1.07 bits per heavy atom. The van der Waals surface area contributed by atoms with Gasteiger partial charge in [-0.05, 0) is 28.8 Å². The van der Waals surface area contributed by atoms with Gasteiger partial charge in [0.05, 0.1) is 0 Å². The van der Waals surface area contributed by atoms with Crippen molar-refractivity contribution in [1.29, 1.82) is 0 Å². The van der Waals surface area contributed by atoms with Gasteiger partial charge in [0.1, 0.15) is 5.75 Å². The molecule has 4 aromatic rings.